The highest BCUT2D eigenvalue weighted by Crippen LogP contribution is 2.46. The fraction of sp³-hybridized carbons (Fsp3) is 0.355. The second kappa shape index (κ2) is 45.4. The minimum atomic E-state index is -0.384. The molecule has 0 saturated carbocycles. The second-order valence-electron chi connectivity index (χ2n) is 36.3. The lowest BCUT2D eigenvalue weighted by Gasteiger charge is -2.39. The van der Waals surface area contributed by atoms with Crippen LogP contribution in [0.25, 0.3) is 88.6 Å². The number of piperidine rings is 2. The number of hydrogen-bond donors (Lipinski definition) is 3. The molecule has 0 unspecified atom stereocenters. The molecular weight excluding hydrogens is 1940 g/mol. The van der Waals surface area contributed by atoms with Gasteiger partial charge in [0, 0.05) is 212 Å². The SMILES string of the molecule is CCl.CCn1nc2c(C)cc(N3CCCCC3)cc2c1N(C)c1nc(-c2ccc(F)cc2)c(C#N)s1.CCn1nc2c(C)cc(N3CCCCC3)cc2c1Nc1nc(-c2ccc(F)cc2)c(C#N)s1.CCn1nc2c(C)cc(N3CCN(CC(=O)N4CC(O)C4)CC3)cc2c1N(C)c1nc(-c2ccc(F)cc2)c(C#N)s1.CCn1nc2c(C)cc(N3CCNCC3)cc2c1N(C)c1nc(-c2ccc(F)cc2)c(C#N)s1. The average Bonchev–Trinajstić information content (AvgIpc) is 1.60. The molecule has 0 spiro atoms. The number of aliphatic hydroxyl groups excluding tert-OH is 1. The average molecular weight is 2050 g/mol. The van der Waals surface area contributed by atoms with E-state index in [1.54, 1.807) is 53.4 Å². The highest BCUT2D eigenvalue weighted by Gasteiger charge is 2.34. The van der Waals surface area contributed by atoms with Crippen LogP contribution in [0.3, 0.4) is 0 Å². The van der Waals surface area contributed by atoms with E-state index in [0.29, 0.717) is 120 Å². The summed E-state index contributed by atoms with van der Waals surface area (Å²) >= 11 is 9.90. The number of thiazole rings is 4. The Kier molecular flexibility index (Phi) is 32.1. The molecule has 5 saturated heterocycles. The van der Waals surface area contributed by atoms with Crippen LogP contribution < -0.4 is 44.9 Å². The van der Waals surface area contributed by atoms with Gasteiger partial charge in [0.1, 0.15) is 113 Å². The van der Waals surface area contributed by atoms with Gasteiger partial charge in [0.15, 0.2) is 20.5 Å². The molecule has 0 aliphatic carbocycles. The third kappa shape index (κ3) is 21.8. The number of amides is 1. The third-order valence-corrected chi connectivity index (χ3v) is 30.8. The molecule has 13 heterocycles. The molecule has 38 heteroatoms. The van der Waals surface area contributed by atoms with E-state index in [9.17, 15) is 48.5 Å². The number of halogens is 5. The number of carbonyl (C=O) groups is 1. The molecule has 3 N–H and O–H groups in total. The Morgan fingerprint density at radius 3 is 1.03 bits per heavy atom. The molecule has 1 amide bonds. The van der Waals surface area contributed by atoms with Crippen LogP contribution >= 0.6 is 56.9 Å². The number of fused-ring (bicyclic) bond motifs is 4. The summed E-state index contributed by atoms with van der Waals surface area (Å²) < 4.78 is 61.7. The number of alkyl halides is 1. The number of aliphatic hydroxyl groups is 1. The van der Waals surface area contributed by atoms with Crippen molar-refractivity contribution in [2.75, 3.05) is 165 Å². The number of benzene rings is 8. The van der Waals surface area contributed by atoms with Gasteiger partial charge in [0.2, 0.25) is 5.91 Å². The van der Waals surface area contributed by atoms with E-state index in [-0.39, 0.29) is 35.3 Å². The van der Waals surface area contributed by atoms with Crippen LogP contribution in [0.15, 0.2) is 146 Å². The van der Waals surface area contributed by atoms with Gasteiger partial charge < -0.3 is 54.9 Å². The van der Waals surface area contributed by atoms with E-state index in [1.165, 1.54) is 156 Å². The number of β-amino-alcohol motifs (C(OH)–C–C–N with tert-alkyl or cyclic N) is 1. The molecule has 0 radical (unpaired) electrons. The zero-order chi connectivity index (χ0) is 102. The van der Waals surface area contributed by atoms with Crippen LogP contribution in [0.5, 0.6) is 0 Å². The van der Waals surface area contributed by atoms with E-state index in [4.69, 9.17) is 35.3 Å². The monoisotopic (exact) mass is 2050 g/mol. The Morgan fingerprint density at radius 2 is 0.710 bits per heavy atom. The van der Waals surface area contributed by atoms with Crippen molar-refractivity contribution in [3.8, 4) is 69.3 Å². The zero-order valence-corrected chi connectivity index (χ0v) is 87.2. The first-order chi connectivity index (χ1) is 70.3. The fourth-order valence-corrected chi connectivity index (χ4v) is 22.6. The summed E-state index contributed by atoms with van der Waals surface area (Å²) in [6.45, 7) is 32.1. The largest absolute Gasteiger partial charge is 0.389 e. The quantitative estimate of drug-likeness (QED) is 0.0419. The summed E-state index contributed by atoms with van der Waals surface area (Å²) in [5, 5.41) is 81.8. The molecule has 16 aromatic rings. The molecule has 21 rings (SSSR count). The number of nitrogens with one attached hydrogen (secondary N) is 2. The minimum Gasteiger partial charge on any atom is -0.389 e. The zero-order valence-electron chi connectivity index (χ0n) is 83.2. The number of anilines is 12. The summed E-state index contributed by atoms with van der Waals surface area (Å²) in [4.78, 5) is 53.1. The normalized spacial score (nSPS) is 14.4. The number of aryl methyl sites for hydroxylation is 8. The lowest BCUT2D eigenvalue weighted by Crippen LogP contribution is -2.57. The molecule has 5 fully saturated rings. The molecule has 8 aromatic carbocycles. The van der Waals surface area contributed by atoms with Crippen molar-refractivity contribution in [2.24, 2.45) is 0 Å². The van der Waals surface area contributed by atoms with Crippen LogP contribution in [0.1, 0.15) is 108 Å². The number of likely N-dealkylation sites (tertiary alicyclic amines) is 1. The van der Waals surface area contributed by atoms with Crippen molar-refractivity contribution in [3.63, 3.8) is 0 Å². The molecule has 8 aromatic heterocycles. The van der Waals surface area contributed by atoms with Crippen molar-refractivity contribution in [1.82, 2.24) is 74.2 Å². The Hall–Kier alpha value is -14.1. The lowest BCUT2D eigenvalue weighted by atomic mass is 10.1. The summed E-state index contributed by atoms with van der Waals surface area (Å²) in [5.41, 5.74) is 18.2. The summed E-state index contributed by atoms with van der Waals surface area (Å²) in [6, 6.07) is 51.0. The highest BCUT2D eigenvalue weighted by molar-refractivity contribution is 7.17. The van der Waals surface area contributed by atoms with E-state index in [0.717, 1.165) is 184 Å². The van der Waals surface area contributed by atoms with Gasteiger partial charge in [-0.3, -0.25) is 9.69 Å². The summed E-state index contributed by atoms with van der Waals surface area (Å²) in [7, 11) is 5.87. The Bertz CT molecular complexity index is 7320. The number of nitriles is 4. The number of carbonyl (C=O) groups excluding carboxylic acids is 1. The topological polar surface area (TPSA) is 309 Å². The van der Waals surface area contributed by atoms with E-state index in [2.05, 4.69) is 173 Å². The van der Waals surface area contributed by atoms with Crippen LogP contribution in [-0.4, -0.2) is 212 Å². The maximum absolute atomic E-state index is 13.5. The molecule has 29 nitrogen and oxygen atoms in total. The van der Waals surface area contributed by atoms with E-state index < -0.39 is 0 Å². The molecule has 5 aliphatic rings. The predicted octanol–water partition coefficient (Wildman–Crippen LogP) is 21.6. The van der Waals surface area contributed by atoms with Gasteiger partial charge in [0.05, 0.1) is 34.7 Å². The first kappa shape index (κ1) is 102. The van der Waals surface area contributed by atoms with Gasteiger partial charge in [-0.2, -0.15) is 41.4 Å². The Labute approximate surface area is 861 Å². The molecule has 5 aliphatic heterocycles. The van der Waals surface area contributed by atoms with Gasteiger partial charge in [-0.05, 0) is 262 Å². The fourth-order valence-electron chi connectivity index (χ4n) is 19.3. The van der Waals surface area contributed by atoms with Gasteiger partial charge in [-0.25, -0.2) is 56.2 Å². The van der Waals surface area contributed by atoms with Gasteiger partial charge >= 0.3 is 0 Å². The first-order valence-corrected chi connectivity index (χ1v) is 52.8. The third-order valence-electron chi connectivity index (χ3n) is 26.8. The number of hydrogen-bond acceptors (Lipinski definition) is 28. The van der Waals surface area contributed by atoms with Gasteiger partial charge in [-0.1, -0.05) is 45.3 Å². The number of aromatic nitrogens is 12. The Morgan fingerprint density at radius 1 is 0.414 bits per heavy atom. The number of rotatable bonds is 22. The molecule has 0 atom stereocenters. The van der Waals surface area contributed by atoms with Crippen molar-refractivity contribution in [2.45, 2.75) is 126 Å². The molecular formula is C107H114ClF4N27O2S4. The molecule has 145 heavy (non-hydrogen) atoms. The maximum Gasteiger partial charge on any atom is 0.236 e. The summed E-state index contributed by atoms with van der Waals surface area (Å²) in [5.74, 6) is 2.47. The number of nitrogens with zero attached hydrogens (tertiary/aromatic N) is 25. The Balaban J connectivity index is 0.000000132. The van der Waals surface area contributed by atoms with Crippen molar-refractivity contribution in [3.05, 3.63) is 211 Å². The van der Waals surface area contributed by atoms with Crippen LogP contribution in [0.2, 0.25) is 0 Å². The van der Waals surface area contributed by atoms with Crippen LogP contribution in [-0.2, 0) is 31.0 Å². The standard InChI is InChI=1S/C30H33FN8O2S.C26H27FN6S.C25H26FN7S.C25H25FN6S.CH3Cl/c1-4-39-29(35(3)30-33-28(25(15-32)42-30)20-5-7-21(31)8-6-20)24-14-22(13-19(2)27(24)34-39)37-11-9-36(10-12-37)18-26(41)38-16-23(40)17-38;1-4-33-25(21-15-20(14-17(2)23(21)30-33)32-12-6-5-7-13-32)31(3)26-29-24(22(16-28)34-26)18-8-10-19(27)11-9-18;1-4-33-24(20-14-19(13-16(2)22(20)30-33)32-11-9-28-10-12-32)31(3)25-29-23(21(15-27)34-25)17-5-7-18(26)8-6-17;1-3-32-24(20-14-19(13-16(2)22(20)30-32)31-11-5-4-6-12-31)29-25-28-23(21(15-27)33-25)17-7-9-18(26)10-8-17;1-2/h5-8,13-14,23,40H,4,9-12,16-18H2,1-3H3;8-11,14-15H,4-7,12-13H2,1-3H3;5-8,13-14,28H,4,9-12H2,1-3H3;7-10,13-14H,3-6,11-12H2,1-2H3,(H,28,29);1H3. The number of piperazine rings is 2. The molecule has 748 valence electrons. The summed E-state index contributed by atoms with van der Waals surface area (Å²) in [6.07, 6.45) is 8.56. The van der Waals surface area contributed by atoms with E-state index in [1.807, 2.05) is 61.5 Å². The lowest BCUT2D eigenvalue weighted by molar-refractivity contribution is -0.142. The van der Waals surface area contributed by atoms with E-state index >= 15 is 0 Å². The predicted molar refractivity (Wildman–Crippen MR) is 577 cm³/mol. The smallest absolute Gasteiger partial charge is 0.236 e. The second-order valence-corrected chi connectivity index (χ2v) is 40.2. The van der Waals surface area contributed by atoms with Crippen molar-refractivity contribution < 1.29 is 27.5 Å². The minimum absolute atomic E-state index is 0.0787. The van der Waals surface area contributed by atoms with Crippen LogP contribution in [0, 0.1) is 96.3 Å². The maximum atomic E-state index is 13.5. The van der Waals surface area contributed by atoms with Gasteiger partial charge in [-0.15, -0.1) is 11.6 Å². The first-order valence-electron chi connectivity index (χ1n) is 48.8. The van der Waals surface area contributed by atoms with Gasteiger partial charge in [0.25, 0.3) is 0 Å². The van der Waals surface area contributed by atoms with Crippen LogP contribution in [0.4, 0.5) is 84.1 Å². The van der Waals surface area contributed by atoms with Crippen molar-refractivity contribution >= 4 is 173 Å². The highest BCUT2D eigenvalue weighted by atomic mass is 35.5. The van der Waals surface area contributed by atoms with Crippen molar-refractivity contribution in [1.29, 1.82) is 21.0 Å². The molecule has 0 bridgehead atoms.